The Morgan fingerprint density at radius 3 is 2.60 bits per heavy atom. The van der Waals surface area contributed by atoms with E-state index in [0.717, 1.165) is 18.7 Å². The van der Waals surface area contributed by atoms with E-state index in [-0.39, 0.29) is 12.5 Å². The fourth-order valence-electron chi connectivity index (χ4n) is 2.10. The van der Waals surface area contributed by atoms with Crippen LogP contribution in [0.2, 0.25) is 0 Å². The minimum atomic E-state index is -1.08. The van der Waals surface area contributed by atoms with Crippen molar-refractivity contribution in [2.24, 2.45) is 0 Å². The largest absolute Gasteiger partial charge is 0.478 e. The second-order valence-electron chi connectivity index (χ2n) is 4.54. The average molecular weight is 279 g/mol. The molecular formula is C14H17NO5. The van der Waals surface area contributed by atoms with Gasteiger partial charge < -0.3 is 19.5 Å². The SMILES string of the molecule is COCC(Oc1ccc(N2CCCC2=O)cc1)C(=O)O. The zero-order valence-corrected chi connectivity index (χ0v) is 11.2. The van der Waals surface area contributed by atoms with E-state index in [1.807, 2.05) is 0 Å². The first-order valence-electron chi connectivity index (χ1n) is 6.40. The smallest absolute Gasteiger partial charge is 0.347 e. The van der Waals surface area contributed by atoms with Crippen molar-refractivity contribution >= 4 is 17.6 Å². The van der Waals surface area contributed by atoms with Gasteiger partial charge in [0.1, 0.15) is 5.75 Å². The maximum atomic E-state index is 11.6. The van der Waals surface area contributed by atoms with Crippen LogP contribution in [0.3, 0.4) is 0 Å². The number of amides is 1. The van der Waals surface area contributed by atoms with Crippen LogP contribution in [-0.4, -0.2) is 43.3 Å². The van der Waals surface area contributed by atoms with E-state index in [4.69, 9.17) is 14.6 Å². The number of methoxy groups -OCH3 is 1. The van der Waals surface area contributed by atoms with E-state index in [1.165, 1.54) is 7.11 Å². The molecule has 6 nitrogen and oxygen atoms in total. The molecule has 1 saturated heterocycles. The number of hydrogen-bond acceptors (Lipinski definition) is 4. The quantitative estimate of drug-likeness (QED) is 0.849. The third-order valence-electron chi connectivity index (χ3n) is 3.09. The van der Waals surface area contributed by atoms with E-state index in [2.05, 4.69) is 0 Å². The molecule has 0 saturated carbocycles. The van der Waals surface area contributed by atoms with Gasteiger partial charge in [-0.2, -0.15) is 0 Å². The first-order chi connectivity index (χ1) is 9.61. The normalized spacial score (nSPS) is 16.2. The molecule has 0 radical (unpaired) electrons. The van der Waals surface area contributed by atoms with Gasteiger partial charge in [-0.25, -0.2) is 4.79 Å². The predicted molar refractivity (Wildman–Crippen MR) is 72.0 cm³/mol. The molecule has 0 spiro atoms. The summed E-state index contributed by atoms with van der Waals surface area (Å²) in [7, 11) is 1.42. The van der Waals surface area contributed by atoms with Crippen LogP contribution in [0.15, 0.2) is 24.3 Å². The Morgan fingerprint density at radius 2 is 2.10 bits per heavy atom. The fourth-order valence-corrected chi connectivity index (χ4v) is 2.10. The van der Waals surface area contributed by atoms with Gasteiger partial charge in [-0.1, -0.05) is 0 Å². The van der Waals surface area contributed by atoms with Gasteiger partial charge in [0, 0.05) is 25.8 Å². The van der Waals surface area contributed by atoms with Crippen LogP contribution in [0, 0.1) is 0 Å². The Kier molecular flexibility index (Phi) is 4.57. The molecule has 1 aromatic carbocycles. The summed E-state index contributed by atoms with van der Waals surface area (Å²) in [5, 5.41) is 8.97. The molecule has 1 N–H and O–H groups in total. The minimum absolute atomic E-state index is 0.0261. The van der Waals surface area contributed by atoms with Crippen LogP contribution in [0.5, 0.6) is 5.75 Å². The Labute approximate surface area is 116 Å². The van der Waals surface area contributed by atoms with Crippen molar-refractivity contribution in [1.29, 1.82) is 0 Å². The monoisotopic (exact) mass is 279 g/mol. The number of nitrogens with zero attached hydrogens (tertiary/aromatic N) is 1. The molecule has 1 atom stereocenters. The molecule has 1 fully saturated rings. The summed E-state index contributed by atoms with van der Waals surface area (Å²) in [5.41, 5.74) is 0.804. The van der Waals surface area contributed by atoms with Crippen molar-refractivity contribution < 1.29 is 24.2 Å². The lowest BCUT2D eigenvalue weighted by Crippen LogP contribution is -2.31. The number of carbonyl (C=O) groups is 2. The minimum Gasteiger partial charge on any atom is -0.478 e. The van der Waals surface area contributed by atoms with E-state index >= 15 is 0 Å². The highest BCUT2D eigenvalue weighted by Crippen LogP contribution is 2.24. The highest BCUT2D eigenvalue weighted by Gasteiger charge is 2.22. The van der Waals surface area contributed by atoms with Gasteiger partial charge >= 0.3 is 5.97 Å². The van der Waals surface area contributed by atoms with Crippen LogP contribution in [0.1, 0.15) is 12.8 Å². The summed E-state index contributed by atoms with van der Waals surface area (Å²) in [6, 6.07) is 6.83. The lowest BCUT2D eigenvalue weighted by Gasteiger charge is -2.17. The Balaban J connectivity index is 2.04. The van der Waals surface area contributed by atoms with Gasteiger partial charge in [-0.05, 0) is 30.7 Å². The number of aliphatic carboxylic acids is 1. The van der Waals surface area contributed by atoms with Crippen LogP contribution in [-0.2, 0) is 14.3 Å². The third-order valence-corrected chi connectivity index (χ3v) is 3.09. The van der Waals surface area contributed by atoms with Gasteiger partial charge in [0.2, 0.25) is 12.0 Å². The zero-order chi connectivity index (χ0) is 14.5. The summed E-state index contributed by atoms with van der Waals surface area (Å²) in [6.07, 6.45) is 0.401. The first-order valence-corrected chi connectivity index (χ1v) is 6.40. The number of ether oxygens (including phenoxy) is 2. The average Bonchev–Trinajstić information content (AvgIpc) is 2.85. The third kappa shape index (κ3) is 3.27. The van der Waals surface area contributed by atoms with Gasteiger partial charge in [0.25, 0.3) is 0 Å². The fraction of sp³-hybridized carbons (Fsp3) is 0.429. The Hall–Kier alpha value is -2.08. The molecule has 1 aliphatic heterocycles. The molecule has 1 amide bonds. The van der Waals surface area contributed by atoms with Gasteiger partial charge in [0.15, 0.2) is 0 Å². The van der Waals surface area contributed by atoms with Crippen molar-refractivity contribution in [3.8, 4) is 5.75 Å². The van der Waals surface area contributed by atoms with Crippen LogP contribution in [0.4, 0.5) is 5.69 Å². The molecule has 0 aliphatic carbocycles. The first kappa shape index (κ1) is 14.3. The Morgan fingerprint density at radius 1 is 1.40 bits per heavy atom. The molecule has 1 aromatic rings. The van der Waals surface area contributed by atoms with E-state index in [9.17, 15) is 9.59 Å². The second-order valence-corrected chi connectivity index (χ2v) is 4.54. The second kappa shape index (κ2) is 6.38. The van der Waals surface area contributed by atoms with E-state index in [0.29, 0.717) is 12.2 Å². The number of carboxylic acids is 1. The number of benzene rings is 1. The molecule has 108 valence electrons. The summed E-state index contributed by atoms with van der Waals surface area (Å²) in [6.45, 7) is 0.697. The molecule has 6 heteroatoms. The van der Waals surface area contributed by atoms with Crippen LogP contribution < -0.4 is 9.64 Å². The van der Waals surface area contributed by atoms with Crippen molar-refractivity contribution in [3.63, 3.8) is 0 Å². The van der Waals surface area contributed by atoms with E-state index in [1.54, 1.807) is 29.2 Å². The number of carbonyl (C=O) groups excluding carboxylic acids is 1. The number of hydrogen-bond donors (Lipinski definition) is 1. The summed E-state index contributed by atoms with van der Waals surface area (Å²) < 4.78 is 10.1. The zero-order valence-electron chi connectivity index (χ0n) is 11.2. The number of anilines is 1. The Bertz CT molecular complexity index is 485. The van der Waals surface area contributed by atoms with Crippen molar-refractivity contribution in [2.75, 3.05) is 25.2 Å². The molecule has 0 bridgehead atoms. The van der Waals surface area contributed by atoms with Crippen molar-refractivity contribution in [3.05, 3.63) is 24.3 Å². The van der Waals surface area contributed by atoms with Gasteiger partial charge in [-0.15, -0.1) is 0 Å². The van der Waals surface area contributed by atoms with Crippen molar-refractivity contribution in [1.82, 2.24) is 0 Å². The predicted octanol–water partition coefficient (Wildman–Crippen LogP) is 1.29. The molecule has 1 heterocycles. The molecule has 0 aromatic heterocycles. The maximum Gasteiger partial charge on any atom is 0.347 e. The van der Waals surface area contributed by atoms with Gasteiger partial charge in [0.05, 0.1) is 6.61 Å². The molecule has 1 aliphatic rings. The molecule has 2 rings (SSSR count). The summed E-state index contributed by atoms with van der Waals surface area (Å²) in [4.78, 5) is 24.3. The van der Waals surface area contributed by atoms with Crippen LogP contribution in [0.25, 0.3) is 0 Å². The molecule has 1 unspecified atom stereocenters. The lowest BCUT2D eigenvalue weighted by atomic mass is 10.2. The van der Waals surface area contributed by atoms with Crippen molar-refractivity contribution in [2.45, 2.75) is 18.9 Å². The summed E-state index contributed by atoms with van der Waals surface area (Å²) >= 11 is 0. The van der Waals surface area contributed by atoms with Crippen LogP contribution >= 0.6 is 0 Å². The topological polar surface area (TPSA) is 76.1 Å². The standard InChI is InChI=1S/C14H17NO5/c1-19-9-12(14(17)18)20-11-6-4-10(5-7-11)15-8-2-3-13(15)16/h4-7,12H,2-3,8-9H2,1H3,(H,17,18). The maximum absolute atomic E-state index is 11.6. The van der Waals surface area contributed by atoms with Gasteiger partial charge in [-0.3, -0.25) is 4.79 Å². The molecular weight excluding hydrogens is 262 g/mol. The van der Waals surface area contributed by atoms with E-state index < -0.39 is 12.1 Å². The highest BCUT2D eigenvalue weighted by molar-refractivity contribution is 5.95. The number of rotatable bonds is 6. The lowest BCUT2D eigenvalue weighted by molar-refractivity contribution is -0.147. The molecule has 20 heavy (non-hydrogen) atoms. The number of carboxylic acid groups (broad SMARTS) is 1. The highest BCUT2D eigenvalue weighted by atomic mass is 16.5. The summed E-state index contributed by atoms with van der Waals surface area (Å²) in [5.74, 6) is -0.531.